The van der Waals surface area contributed by atoms with E-state index in [1.807, 2.05) is 6.92 Å². The van der Waals surface area contributed by atoms with Crippen LogP contribution in [0.1, 0.15) is 16.1 Å². The first kappa shape index (κ1) is 12.9. The molecule has 1 aromatic heterocycles. The average Bonchev–Trinajstić information content (AvgIpc) is 2.32. The van der Waals surface area contributed by atoms with E-state index in [2.05, 4.69) is 10.3 Å². The van der Waals surface area contributed by atoms with Crippen molar-refractivity contribution in [1.29, 1.82) is 0 Å². The molecule has 0 saturated heterocycles. The van der Waals surface area contributed by atoms with Crippen LogP contribution in [0.5, 0.6) is 0 Å². The van der Waals surface area contributed by atoms with E-state index >= 15 is 0 Å². The standard InChI is InChI=1S/C13H10Cl2N2O/c1-8-6-9(4-5-16-8)13(18)17-12-3-2-10(14)7-11(12)15/h2-7H,1H3,(H,17,18). The van der Waals surface area contributed by atoms with Crippen LogP contribution in [0.25, 0.3) is 0 Å². The predicted molar refractivity (Wildman–Crippen MR) is 73.4 cm³/mol. The predicted octanol–water partition coefficient (Wildman–Crippen LogP) is 3.95. The molecule has 1 heterocycles. The van der Waals surface area contributed by atoms with Crippen LogP contribution < -0.4 is 5.32 Å². The monoisotopic (exact) mass is 280 g/mol. The molecule has 2 rings (SSSR count). The normalized spacial score (nSPS) is 10.2. The van der Waals surface area contributed by atoms with Gasteiger partial charge in [-0.3, -0.25) is 9.78 Å². The summed E-state index contributed by atoms with van der Waals surface area (Å²) in [6.07, 6.45) is 1.59. The van der Waals surface area contributed by atoms with Gasteiger partial charge >= 0.3 is 0 Å². The molecule has 1 N–H and O–H groups in total. The van der Waals surface area contributed by atoms with Crippen molar-refractivity contribution in [3.05, 3.63) is 57.8 Å². The molecule has 18 heavy (non-hydrogen) atoms. The second kappa shape index (κ2) is 5.38. The zero-order chi connectivity index (χ0) is 13.1. The van der Waals surface area contributed by atoms with E-state index in [1.54, 1.807) is 36.5 Å². The van der Waals surface area contributed by atoms with Gasteiger partial charge in [-0.1, -0.05) is 23.2 Å². The van der Waals surface area contributed by atoms with E-state index in [9.17, 15) is 4.79 Å². The summed E-state index contributed by atoms with van der Waals surface area (Å²) >= 11 is 11.8. The van der Waals surface area contributed by atoms with Crippen molar-refractivity contribution in [3.8, 4) is 0 Å². The highest BCUT2D eigenvalue weighted by atomic mass is 35.5. The Morgan fingerprint density at radius 1 is 1.22 bits per heavy atom. The van der Waals surface area contributed by atoms with Gasteiger partial charge in [0.1, 0.15) is 0 Å². The summed E-state index contributed by atoms with van der Waals surface area (Å²) in [7, 11) is 0. The zero-order valence-corrected chi connectivity index (χ0v) is 11.1. The van der Waals surface area contributed by atoms with Crippen molar-refractivity contribution in [3.63, 3.8) is 0 Å². The summed E-state index contributed by atoms with van der Waals surface area (Å²) in [6.45, 7) is 1.83. The number of nitrogens with one attached hydrogen (secondary N) is 1. The number of halogens is 2. The highest BCUT2D eigenvalue weighted by molar-refractivity contribution is 6.36. The summed E-state index contributed by atoms with van der Waals surface area (Å²) < 4.78 is 0. The van der Waals surface area contributed by atoms with E-state index in [0.717, 1.165) is 5.69 Å². The molecule has 0 aliphatic heterocycles. The quantitative estimate of drug-likeness (QED) is 0.905. The molecule has 0 bridgehead atoms. The van der Waals surface area contributed by atoms with Gasteiger partial charge in [-0.25, -0.2) is 0 Å². The summed E-state index contributed by atoms with van der Waals surface area (Å²) in [4.78, 5) is 16.0. The molecule has 0 atom stereocenters. The fourth-order valence-electron chi connectivity index (χ4n) is 1.47. The summed E-state index contributed by atoms with van der Waals surface area (Å²) in [5, 5.41) is 3.65. The number of anilines is 1. The van der Waals surface area contributed by atoms with Crippen LogP contribution in [0, 0.1) is 6.92 Å². The van der Waals surface area contributed by atoms with Gasteiger partial charge in [0.2, 0.25) is 0 Å². The van der Waals surface area contributed by atoms with Crippen molar-refractivity contribution >= 4 is 34.8 Å². The number of rotatable bonds is 2. The number of amides is 1. The van der Waals surface area contributed by atoms with E-state index in [0.29, 0.717) is 21.3 Å². The zero-order valence-electron chi connectivity index (χ0n) is 9.58. The molecule has 92 valence electrons. The maximum Gasteiger partial charge on any atom is 0.255 e. The van der Waals surface area contributed by atoms with Crippen LogP contribution in [-0.2, 0) is 0 Å². The number of aryl methyl sites for hydroxylation is 1. The Labute approximate surface area is 115 Å². The number of nitrogens with zero attached hydrogens (tertiary/aromatic N) is 1. The van der Waals surface area contributed by atoms with Gasteiger partial charge in [-0.15, -0.1) is 0 Å². The van der Waals surface area contributed by atoms with E-state index < -0.39 is 0 Å². The van der Waals surface area contributed by atoms with Gasteiger partial charge in [0.05, 0.1) is 10.7 Å². The topological polar surface area (TPSA) is 42.0 Å². The number of hydrogen-bond donors (Lipinski definition) is 1. The Morgan fingerprint density at radius 2 is 2.00 bits per heavy atom. The van der Waals surface area contributed by atoms with Gasteiger partial charge in [0, 0.05) is 22.5 Å². The van der Waals surface area contributed by atoms with E-state index in [-0.39, 0.29) is 5.91 Å². The smallest absolute Gasteiger partial charge is 0.255 e. The number of benzene rings is 1. The minimum absolute atomic E-state index is 0.232. The first-order valence-corrected chi connectivity index (χ1v) is 6.01. The largest absolute Gasteiger partial charge is 0.321 e. The van der Waals surface area contributed by atoms with E-state index in [1.165, 1.54) is 0 Å². The molecule has 0 radical (unpaired) electrons. The SMILES string of the molecule is Cc1cc(C(=O)Nc2ccc(Cl)cc2Cl)ccn1. The van der Waals surface area contributed by atoms with Crippen LogP contribution >= 0.6 is 23.2 Å². The third kappa shape index (κ3) is 3.00. The lowest BCUT2D eigenvalue weighted by Gasteiger charge is -2.07. The molecule has 0 aliphatic rings. The van der Waals surface area contributed by atoms with Crippen LogP contribution in [0.15, 0.2) is 36.5 Å². The Hall–Kier alpha value is -1.58. The Balaban J connectivity index is 2.21. The summed E-state index contributed by atoms with van der Waals surface area (Å²) in [6, 6.07) is 8.26. The average molecular weight is 281 g/mol. The molecule has 0 fully saturated rings. The lowest BCUT2D eigenvalue weighted by Crippen LogP contribution is -2.12. The molecule has 0 aliphatic carbocycles. The maximum atomic E-state index is 12.0. The van der Waals surface area contributed by atoms with Gasteiger partial charge in [0.25, 0.3) is 5.91 Å². The fraction of sp³-hybridized carbons (Fsp3) is 0.0769. The lowest BCUT2D eigenvalue weighted by molar-refractivity contribution is 0.102. The highest BCUT2D eigenvalue weighted by Gasteiger charge is 2.09. The van der Waals surface area contributed by atoms with Crippen LogP contribution in [0.3, 0.4) is 0 Å². The second-order valence-electron chi connectivity index (χ2n) is 3.76. The molecular weight excluding hydrogens is 271 g/mol. The molecule has 0 spiro atoms. The van der Waals surface area contributed by atoms with Gasteiger partial charge < -0.3 is 5.32 Å². The second-order valence-corrected chi connectivity index (χ2v) is 4.61. The molecule has 1 aromatic carbocycles. The lowest BCUT2D eigenvalue weighted by atomic mass is 10.2. The number of carbonyl (C=O) groups excluding carboxylic acids is 1. The first-order valence-electron chi connectivity index (χ1n) is 5.25. The fourth-order valence-corrected chi connectivity index (χ4v) is 1.93. The van der Waals surface area contributed by atoms with Gasteiger partial charge in [0.15, 0.2) is 0 Å². The van der Waals surface area contributed by atoms with E-state index in [4.69, 9.17) is 23.2 Å². The minimum Gasteiger partial charge on any atom is -0.321 e. The first-order chi connectivity index (χ1) is 8.56. The third-order valence-electron chi connectivity index (χ3n) is 2.34. The summed E-state index contributed by atoms with van der Waals surface area (Å²) in [5.74, 6) is -0.232. The maximum absolute atomic E-state index is 12.0. The van der Waals surface area contributed by atoms with Gasteiger partial charge in [-0.2, -0.15) is 0 Å². The molecule has 5 heteroatoms. The van der Waals surface area contributed by atoms with Crippen molar-refractivity contribution < 1.29 is 4.79 Å². The minimum atomic E-state index is -0.232. The molecule has 2 aromatic rings. The Morgan fingerprint density at radius 3 is 2.67 bits per heavy atom. The van der Waals surface area contributed by atoms with Crippen molar-refractivity contribution in [1.82, 2.24) is 4.98 Å². The van der Waals surface area contributed by atoms with Crippen LogP contribution in [-0.4, -0.2) is 10.9 Å². The molecule has 1 amide bonds. The Bertz CT molecular complexity index is 599. The molecular formula is C13H10Cl2N2O. The molecule has 0 saturated carbocycles. The van der Waals surface area contributed by atoms with Gasteiger partial charge in [-0.05, 0) is 37.3 Å². The number of hydrogen-bond acceptors (Lipinski definition) is 2. The number of pyridine rings is 1. The van der Waals surface area contributed by atoms with Crippen LogP contribution in [0.2, 0.25) is 10.0 Å². The number of aromatic nitrogens is 1. The third-order valence-corrected chi connectivity index (χ3v) is 2.89. The van der Waals surface area contributed by atoms with Crippen LogP contribution in [0.4, 0.5) is 5.69 Å². The van der Waals surface area contributed by atoms with Crippen molar-refractivity contribution in [2.45, 2.75) is 6.92 Å². The Kier molecular flexibility index (Phi) is 3.84. The highest BCUT2D eigenvalue weighted by Crippen LogP contribution is 2.25. The summed E-state index contributed by atoms with van der Waals surface area (Å²) in [5.41, 5.74) is 1.85. The number of carbonyl (C=O) groups is 1. The van der Waals surface area contributed by atoms with Crippen molar-refractivity contribution in [2.24, 2.45) is 0 Å². The van der Waals surface area contributed by atoms with Crippen molar-refractivity contribution in [2.75, 3.05) is 5.32 Å². The molecule has 0 unspecified atom stereocenters. The molecule has 3 nitrogen and oxygen atoms in total.